The molecule has 4 nitrogen and oxygen atoms in total. The Morgan fingerprint density at radius 3 is 2.88 bits per heavy atom. The second-order valence-electron chi connectivity index (χ2n) is 4.20. The Bertz CT molecular complexity index is 348. The molecule has 4 heteroatoms. The van der Waals surface area contributed by atoms with E-state index in [2.05, 4.69) is 22.8 Å². The van der Waals surface area contributed by atoms with Gasteiger partial charge in [-0.3, -0.25) is 0 Å². The van der Waals surface area contributed by atoms with Crippen LogP contribution in [0.3, 0.4) is 0 Å². The fourth-order valence-electron chi connectivity index (χ4n) is 1.85. The van der Waals surface area contributed by atoms with Crippen LogP contribution >= 0.6 is 0 Å². The highest BCUT2D eigenvalue weighted by atomic mass is 16.5. The molecule has 0 spiro atoms. The van der Waals surface area contributed by atoms with Crippen LogP contribution in [0.15, 0.2) is 30.3 Å². The van der Waals surface area contributed by atoms with E-state index in [-0.39, 0.29) is 12.1 Å². The molecule has 2 rings (SSSR count). The van der Waals surface area contributed by atoms with Crippen LogP contribution in [0.25, 0.3) is 0 Å². The fraction of sp³-hybridized carbons (Fsp3) is 0.462. The summed E-state index contributed by atoms with van der Waals surface area (Å²) in [6, 6.07) is 10.2. The summed E-state index contributed by atoms with van der Waals surface area (Å²) in [5.74, 6) is 0. The molecule has 1 aromatic carbocycles. The first-order valence-corrected chi connectivity index (χ1v) is 6.00. The number of rotatable bonds is 4. The molecule has 0 bridgehead atoms. The van der Waals surface area contributed by atoms with Crippen molar-refractivity contribution in [3.05, 3.63) is 35.9 Å². The van der Waals surface area contributed by atoms with Crippen molar-refractivity contribution in [2.45, 2.75) is 18.9 Å². The van der Waals surface area contributed by atoms with E-state index in [1.165, 1.54) is 5.56 Å². The van der Waals surface area contributed by atoms with Crippen molar-refractivity contribution in [3.8, 4) is 0 Å². The van der Waals surface area contributed by atoms with Gasteiger partial charge in [-0.05, 0) is 18.4 Å². The average Bonchev–Trinajstić information content (AvgIpc) is 2.83. The minimum Gasteiger partial charge on any atom is -0.379 e. The monoisotopic (exact) mass is 234 g/mol. The molecule has 92 valence electrons. The number of benzene rings is 1. The molecule has 1 aromatic rings. The van der Waals surface area contributed by atoms with Crippen LogP contribution in [0, 0.1) is 0 Å². The first-order valence-electron chi connectivity index (χ1n) is 6.00. The molecule has 17 heavy (non-hydrogen) atoms. The van der Waals surface area contributed by atoms with E-state index >= 15 is 0 Å². The molecular formula is C13H18N2O2. The van der Waals surface area contributed by atoms with Crippen LogP contribution < -0.4 is 10.6 Å². The highest BCUT2D eigenvalue weighted by Crippen LogP contribution is 2.02. The first-order chi connectivity index (χ1) is 8.34. The Labute approximate surface area is 101 Å². The molecule has 1 aliphatic rings. The number of nitrogens with one attached hydrogen (secondary N) is 2. The van der Waals surface area contributed by atoms with E-state index in [0.29, 0.717) is 13.2 Å². The van der Waals surface area contributed by atoms with Gasteiger partial charge in [-0.25, -0.2) is 4.79 Å². The topological polar surface area (TPSA) is 50.4 Å². The van der Waals surface area contributed by atoms with Crippen LogP contribution in [0.2, 0.25) is 0 Å². The van der Waals surface area contributed by atoms with Gasteiger partial charge in [-0.1, -0.05) is 30.3 Å². The van der Waals surface area contributed by atoms with Gasteiger partial charge in [0.15, 0.2) is 0 Å². The largest absolute Gasteiger partial charge is 0.379 e. The smallest absolute Gasteiger partial charge is 0.315 e. The number of carbonyl (C=O) groups is 1. The summed E-state index contributed by atoms with van der Waals surface area (Å²) in [5.41, 5.74) is 1.23. The van der Waals surface area contributed by atoms with Crippen molar-refractivity contribution in [1.29, 1.82) is 0 Å². The van der Waals surface area contributed by atoms with Crippen LogP contribution in [0.5, 0.6) is 0 Å². The van der Waals surface area contributed by atoms with Crippen molar-refractivity contribution in [2.75, 3.05) is 19.8 Å². The van der Waals surface area contributed by atoms with Crippen molar-refractivity contribution < 1.29 is 9.53 Å². The summed E-state index contributed by atoms with van der Waals surface area (Å²) in [7, 11) is 0. The summed E-state index contributed by atoms with van der Waals surface area (Å²) in [6.45, 7) is 2.03. The van der Waals surface area contributed by atoms with Crippen molar-refractivity contribution in [2.24, 2.45) is 0 Å². The number of carbonyl (C=O) groups excluding carboxylic acids is 1. The minimum absolute atomic E-state index is 0.101. The third-order valence-electron chi connectivity index (χ3n) is 2.81. The molecule has 1 atom stereocenters. The lowest BCUT2D eigenvalue weighted by Crippen LogP contribution is -2.42. The zero-order valence-electron chi connectivity index (χ0n) is 9.82. The van der Waals surface area contributed by atoms with E-state index in [0.717, 1.165) is 19.4 Å². The van der Waals surface area contributed by atoms with Crippen LogP contribution in [0.4, 0.5) is 4.79 Å². The Kier molecular flexibility index (Phi) is 4.38. The molecule has 1 aliphatic heterocycles. The van der Waals surface area contributed by atoms with Crippen molar-refractivity contribution in [1.82, 2.24) is 10.6 Å². The van der Waals surface area contributed by atoms with Gasteiger partial charge in [0, 0.05) is 13.2 Å². The Morgan fingerprint density at radius 1 is 1.35 bits per heavy atom. The van der Waals surface area contributed by atoms with Crippen LogP contribution in [-0.4, -0.2) is 31.8 Å². The SMILES string of the molecule is O=C(NCCc1ccccc1)NC1CCOC1. The molecule has 0 radical (unpaired) electrons. The average molecular weight is 234 g/mol. The fourth-order valence-corrected chi connectivity index (χ4v) is 1.85. The number of hydrogen-bond donors (Lipinski definition) is 2. The standard InChI is InChI=1S/C13H18N2O2/c16-13(15-12-7-9-17-10-12)14-8-6-11-4-2-1-3-5-11/h1-5,12H,6-10H2,(H2,14,15,16). The van der Waals surface area contributed by atoms with Gasteiger partial charge < -0.3 is 15.4 Å². The van der Waals surface area contributed by atoms with E-state index < -0.39 is 0 Å². The van der Waals surface area contributed by atoms with Crippen LogP contribution in [0.1, 0.15) is 12.0 Å². The molecular weight excluding hydrogens is 216 g/mol. The van der Waals surface area contributed by atoms with E-state index in [1.807, 2.05) is 18.2 Å². The lowest BCUT2D eigenvalue weighted by atomic mass is 10.1. The van der Waals surface area contributed by atoms with Gasteiger partial charge in [-0.15, -0.1) is 0 Å². The first kappa shape index (κ1) is 11.9. The van der Waals surface area contributed by atoms with Crippen molar-refractivity contribution >= 4 is 6.03 Å². The van der Waals surface area contributed by atoms with Crippen LogP contribution in [-0.2, 0) is 11.2 Å². The Hall–Kier alpha value is -1.55. The molecule has 1 heterocycles. The minimum atomic E-state index is -0.101. The summed E-state index contributed by atoms with van der Waals surface area (Å²) in [4.78, 5) is 11.5. The van der Waals surface area contributed by atoms with Gasteiger partial charge in [0.1, 0.15) is 0 Å². The predicted octanol–water partition coefficient (Wildman–Crippen LogP) is 1.32. The van der Waals surface area contributed by atoms with Gasteiger partial charge in [0.2, 0.25) is 0 Å². The summed E-state index contributed by atoms with van der Waals surface area (Å²) in [6.07, 6.45) is 1.77. The van der Waals surface area contributed by atoms with Gasteiger partial charge in [0.05, 0.1) is 12.6 Å². The Balaban J connectivity index is 1.63. The highest BCUT2D eigenvalue weighted by Gasteiger charge is 2.17. The molecule has 0 aliphatic carbocycles. The quantitative estimate of drug-likeness (QED) is 0.825. The van der Waals surface area contributed by atoms with E-state index in [1.54, 1.807) is 0 Å². The third-order valence-corrected chi connectivity index (χ3v) is 2.81. The molecule has 0 aromatic heterocycles. The Morgan fingerprint density at radius 2 is 2.18 bits per heavy atom. The molecule has 0 saturated carbocycles. The molecule has 2 N–H and O–H groups in total. The summed E-state index contributed by atoms with van der Waals surface area (Å²) >= 11 is 0. The van der Waals surface area contributed by atoms with Gasteiger partial charge in [0.25, 0.3) is 0 Å². The van der Waals surface area contributed by atoms with Gasteiger partial charge in [-0.2, -0.15) is 0 Å². The van der Waals surface area contributed by atoms with E-state index in [4.69, 9.17) is 4.74 Å². The number of urea groups is 1. The summed E-state index contributed by atoms with van der Waals surface area (Å²) < 4.78 is 5.19. The van der Waals surface area contributed by atoms with Gasteiger partial charge >= 0.3 is 6.03 Å². The molecule has 2 amide bonds. The summed E-state index contributed by atoms with van der Waals surface area (Å²) in [5, 5.41) is 5.74. The predicted molar refractivity (Wildman–Crippen MR) is 65.9 cm³/mol. The highest BCUT2D eigenvalue weighted by molar-refractivity contribution is 5.74. The second-order valence-corrected chi connectivity index (χ2v) is 4.20. The number of hydrogen-bond acceptors (Lipinski definition) is 2. The second kappa shape index (κ2) is 6.25. The molecule has 1 unspecified atom stereocenters. The molecule has 1 saturated heterocycles. The third kappa shape index (κ3) is 4.07. The van der Waals surface area contributed by atoms with E-state index in [9.17, 15) is 4.79 Å². The zero-order chi connectivity index (χ0) is 11.9. The maximum absolute atomic E-state index is 11.5. The normalized spacial score (nSPS) is 18.9. The number of ether oxygens (including phenoxy) is 1. The maximum Gasteiger partial charge on any atom is 0.315 e. The number of amides is 2. The lowest BCUT2D eigenvalue weighted by Gasteiger charge is -2.11. The zero-order valence-corrected chi connectivity index (χ0v) is 9.82. The maximum atomic E-state index is 11.5. The van der Waals surface area contributed by atoms with Crippen molar-refractivity contribution in [3.63, 3.8) is 0 Å². The molecule has 1 fully saturated rings. The lowest BCUT2D eigenvalue weighted by molar-refractivity contribution is 0.188.